The van der Waals surface area contributed by atoms with E-state index in [0.717, 1.165) is 25.7 Å². The maximum absolute atomic E-state index is 11.9. The van der Waals surface area contributed by atoms with E-state index in [4.69, 9.17) is 4.74 Å². The van der Waals surface area contributed by atoms with Crippen LogP contribution in [0.25, 0.3) is 22.2 Å². The molecule has 7 heteroatoms. The molecule has 3 heterocycles. The summed E-state index contributed by atoms with van der Waals surface area (Å²) in [5, 5.41) is 3.75. The van der Waals surface area contributed by atoms with Crippen LogP contribution in [0.1, 0.15) is 20.8 Å². The molecule has 0 bridgehead atoms. The molecule has 0 aliphatic heterocycles. The van der Waals surface area contributed by atoms with Crippen molar-refractivity contribution in [1.29, 1.82) is 0 Å². The Morgan fingerprint density at radius 3 is 2.71 bits per heavy atom. The maximum Gasteiger partial charge on any atom is 0.412 e. The number of aromatic amines is 1. The third kappa shape index (κ3) is 3.84. The first kappa shape index (κ1) is 16.7. The van der Waals surface area contributed by atoms with E-state index in [9.17, 15) is 4.79 Å². The number of ether oxygens (including phenoxy) is 1. The number of hydrogen-bond acceptors (Lipinski definition) is 4. The number of fused-ring (bicyclic) bond motifs is 1. The van der Waals surface area contributed by atoms with Crippen LogP contribution >= 0.6 is 22.6 Å². The molecule has 0 saturated carbocycles. The smallest absolute Gasteiger partial charge is 0.412 e. The van der Waals surface area contributed by atoms with Crippen LogP contribution < -0.4 is 5.32 Å². The van der Waals surface area contributed by atoms with Gasteiger partial charge in [0.15, 0.2) is 0 Å². The number of nitrogens with zero attached hydrogens (tertiary/aromatic N) is 2. The summed E-state index contributed by atoms with van der Waals surface area (Å²) in [7, 11) is 0. The van der Waals surface area contributed by atoms with Gasteiger partial charge in [-0.15, -0.1) is 0 Å². The molecule has 0 saturated heterocycles. The molecule has 3 aromatic rings. The summed E-state index contributed by atoms with van der Waals surface area (Å²) in [6.45, 7) is 5.46. The van der Waals surface area contributed by atoms with Crippen molar-refractivity contribution in [2.45, 2.75) is 26.4 Å². The highest BCUT2D eigenvalue weighted by Crippen LogP contribution is 2.26. The van der Waals surface area contributed by atoms with Gasteiger partial charge in [-0.2, -0.15) is 0 Å². The van der Waals surface area contributed by atoms with Gasteiger partial charge < -0.3 is 9.72 Å². The van der Waals surface area contributed by atoms with Gasteiger partial charge in [-0.25, -0.2) is 9.78 Å². The quantitative estimate of drug-likeness (QED) is 0.577. The predicted molar refractivity (Wildman–Crippen MR) is 102 cm³/mol. The normalized spacial score (nSPS) is 11.5. The molecule has 0 aliphatic rings. The average molecular weight is 436 g/mol. The van der Waals surface area contributed by atoms with Crippen molar-refractivity contribution in [3.8, 4) is 11.1 Å². The van der Waals surface area contributed by atoms with Crippen LogP contribution in [0, 0.1) is 3.57 Å². The van der Waals surface area contributed by atoms with Crippen molar-refractivity contribution in [1.82, 2.24) is 15.0 Å². The van der Waals surface area contributed by atoms with Crippen LogP contribution in [0.2, 0.25) is 0 Å². The van der Waals surface area contributed by atoms with Gasteiger partial charge in [0, 0.05) is 38.7 Å². The molecule has 6 nitrogen and oxygen atoms in total. The highest BCUT2D eigenvalue weighted by atomic mass is 127. The van der Waals surface area contributed by atoms with Gasteiger partial charge in [0.2, 0.25) is 0 Å². The first-order valence-corrected chi connectivity index (χ1v) is 8.48. The van der Waals surface area contributed by atoms with E-state index >= 15 is 0 Å². The van der Waals surface area contributed by atoms with Gasteiger partial charge in [-0.05, 0) is 55.5 Å². The summed E-state index contributed by atoms with van der Waals surface area (Å²) < 4.78 is 6.36. The second-order valence-electron chi connectivity index (χ2n) is 6.35. The fourth-order valence-electron chi connectivity index (χ4n) is 2.22. The topological polar surface area (TPSA) is 79.9 Å². The van der Waals surface area contributed by atoms with Crippen LogP contribution in [-0.2, 0) is 4.74 Å². The Kier molecular flexibility index (Phi) is 4.44. The molecule has 0 aliphatic carbocycles. The number of carbonyl (C=O) groups excluding carboxylic acids is 1. The summed E-state index contributed by atoms with van der Waals surface area (Å²) in [5.74, 6) is 0. The number of nitrogens with one attached hydrogen (secondary N) is 2. The number of pyridine rings is 2. The van der Waals surface area contributed by atoms with Crippen molar-refractivity contribution < 1.29 is 9.53 Å². The number of halogens is 1. The van der Waals surface area contributed by atoms with E-state index in [1.54, 1.807) is 18.6 Å². The van der Waals surface area contributed by atoms with Gasteiger partial charge in [0.25, 0.3) is 0 Å². The third-order valence-corrected chi connectivity index (χ3v) is 4.09. The second kappa shape index (κ2) is 6.39. The van der Waals surface area contributed by atoms with Gasteiger partial charge >= 0.3 is 6.09 Å². The van der Waals surface area contributed by atoms with Gasteiger partial charge in [-0.1, -0.05) is 0 Å². The minimum Gasteiger partial charge on any atom is -0.444 e. The fraction of sp³-hybridized carbons (Fsp3) is 0.235. The zero-order valence-electron chi connectivity index (χ0n) is 13.6. The lowest BCUT2D eigenvalue weighted by Gasteiger charge is -2.19. The molecular weight excluding hydrogens is 419 g/mol. The lowest BCUT2D eigenvalue weighted by molar-refractivity contribution is 0.0636. The zero-order chi connectivity index (χ0) is 17.3. The van der Waals surface area contributed by atoms with Crippen molar-refractivity contribution in [3.05, 3.63) is 40.5 Å². The van der Waals surface area contributed by atoms with Crippen molar-refractivity contribution in [3.63, 3.8) is 0 Å². The van der Waals surface area contributed by atoms with E-state index in [1.165, 1.54) is 0 Å². The Hall–Kier alpha value is -2.16. The first-order valence-electron chi connectivity index (χ1n) is 7.40. The van der Waals surface area contributed by atoms with E-state index in [0.29, 0.717) is 5.69 Å². The number of amides is 1. The largest absolute Gasteiger partial charge is 0.444 e. The standard InChI is InChI=1S/C17H17IN4O2/c1-17(2,3)24-16(23)22-12-4-10(6-19-8-12)11-5-13-14(18)9-21-15(13)20-7-11/h4-9H,1-3H3,(H,20,21)(H,22,23). The molecule has 0 spiro atoms. The monoisotopic (exact) mass is 436 g/mol. The number of anilines is 1. The SMILES string of the molecule is CC(C)(C)OC(=O)Nc1cncc(-c2cnc3[nH]cc(I)c3c2)c1. The lowest BCUT2D eigenvalue weighted by Crippen LogP contribution is -2.27. The van der Waals surface area contributed by atoms with Crippen LogP contribution in [0.5, 0.6) is 0 Å². The van der Waals surface area contributed by atoms with E-state index in [-0.39, 0.29) is 0 Å². The molecule has 0 radical (unpaired) electrons. The highest BCUT2D eigenvalue weighted by molar-refractivity contribution is 14.1. The molecule has 3 aromatic heterocycles. The van der Waals surface area contributed by atoms with Crippen molar-refractivity contribution >= 4 is 45.4 Å². The van der Waals surface area contributed by atoms with Crippen LogP contribution in [0.4, 0.5) is 10.5 Å². The molecule has 2 N–H and O–H groups in total. The molecule has 124 valence electrons. The number of H-pyrrole nitrogens is 1. The van der Waals surface area contributed by atoms with Crippen molar-refractivity contribution in [2.75, 3.05) is 5.32 Å². The van der Waals surface area contributed by atoms with Gasteiger partial charge in [0.05, 0.1) is 11.9 Å². The third-order valence-electron chi connectivity index (χ3n) is 3.20. The van der Waals surface area contributed by atoms with E-state index in [2.05, 4.69) is 48.9 Å². The highest BCUT2D eigenvalue weighted by Gasteiger charge is 2.16. The van der Waals surface area contributed by atoms with Crippen LogP contribution in [-0.4, -0.2) is 26.6 Å². The first-order chi connectivity index (χ1) is 11.3. The zero-order valence-corrected chi connectivity index (χ0v) is 15.7. The van der Waals surface area contributed by atoms with E-state index < -0.39 is 11.7 Å². The fourth-order valence-corrected chi connectivity index (χ4v) is 2.78. The minimum absolute atomic E-state index is 0.504. The summed E-state index contributed by atoms with van der Waals surface area (Å²) >= 11 is 2.26. The summed E-state index contributed by atoms with van der Waals surface area (Å²) in [6.07, 6.45) is 6.52. The second-order valence-corrected chi connectivity index (χ2v) is 7.51. The van der Waals surface area contributed by atoms with Gasteiger partial charge in [-0.3, -0.25) is 10.3 Å². The number of aromatic nitrogens is 3. The molecular formula is C17H17IN4O2. The molecule has 0 fully saturated rings. The molecule has 3 rings (SSSR count). The minimum atomic E-state index is -0.547. The Labute approximate surface area is 153 Å². The summed E-state index contributed by atoms with van der Waals surface area (Å²) in [5.41, 5.74) is 2.68. The van der Waals surface area contributed by atoms with Gasteiger partial charge in [0.1, 0.15) is 11.2 Å². The Morgan fingerprint density at radius 2 is 1.96 bits per heavy atom. The maximum atomic E-state index is 11.9. The number of carbonyl (C=O) groups is 1. The Bertz CT molecular complexity index is 899. The summed E-state index contributed by atoms with van der Waals surface area (Å²) in [6, 6.07) is 3.90. The molecule has 0 atom stereocenters. The number of hydrogen-bond donors (Lipinski definition) is 2. The molecule has 0 aromatic carbocycles. The molecule has 24 heavy (non-hydrogen) atoms. The Balaban J connectivity index is 1.86. The molecule has 1 amide bonds. The average Bonchev–Trinajstić information content (AvgIpc) is 2.86. The Morgan fingerprint density at radius 1 is 1.21 bits per heavy atom. The van der Waals surface area contributed by atoms with Crippen LogP contribution in [0.3, 0.4) is 0 Å². The van der Waals surface area contributed by atoms with Crippen molar-refractivity contribution in [2.24, 2.45) is 0 Å². The summed E-state index contributed by atoms with van der Waals surface area (Å²) in [4.78, 5) is 23.6. The lowest BCUT2D eigenvalue weighted by atomic mass is 10.1. The van der Waals surface area contributed by atoms with E-state index in [1.807, 2.05) is 33.0 Å². The molecule has 0 unspecified atom stereocenters. The van der Waals surface area contributed by atoms with Crippen LogP contribution in [0.15, 0.2) is 36.9 Å². The predicted octanol–water partition coefficient (Wildman–Crippen LogP) is 4.58. The number of rotatable bonds is 2.